The zero-order valence-electron chi connectivity index (χ0n) is 15.4. The number of likely N-dealkylation sites (N-methyl/N-ethyl adjacent to an activating group) is 1. The topological polar surface area (TPSA) is 53.5 Å². The summed E-state index contributed by atoms with van der Waals surface area (Å²) in [5.74, 6) is 0. The van der Waals surface area contributed by atoms with Crippen molar-refractivity contribution in [2.75, 3.05) is 20.1 Å². The number of hydrogen-bond acceptors (Lipinski definition) is 3. The number of hydrogen-bond donors (Lipinski definition) is 0. The van der Waals surface area contributed by atoms with E-state index >= 15 is 0 Å². The first-order chi connectivity index (χ1) is 11.2. The Labute approximate surface area is 147 Å². The minimum atomic E-state index is -3.45. The van der Waals surface area contributed by atoms with Crippen LogP contribution >= 0.6 is 0 Å². The molecule has 2 heterocycles. The summed E-state index contributed by atoms with van der Waals surface area (Å²) >= 11 is 0. The van der Waals surface area contributed by atoms with Crippen LogP contribution in [-0.4, -0.2) is 48.2 Å². The fourth-order valence-corrected chi connectivity index (χ4v) is 5.11. The second-order valence-electron chi connectivity index (χ2n) is 7.74. The van der Waals surface area contributed by atoms with Crippen molar-refractivity contribution in [1.82, 2.24) is 13.6 Å². The van der Waals surface area contributed by atoms with E-state index in [9.17, 15) is 8.42 Å². The SMILES string of the molecule is CN([C@H](Cc1ccccn1)C(C)(C)C)S(=O)(=O)N1CCCCCC1. The molecule has 0 radical (unpaired) electrons. The molecule has 24 heavy (non-hydrogen) atoms. The first kappa shape index (κ1) is 19.3. The van der Waals surface area contributed by atoms with E-state index in [0.717, 1.165) is 31.4 Å². The highest BCUT2D eigenvalue weighted by Gasteiger charge is 2.38. The molecule has 1 aliphatic rings. The largest absolute Gasteiger partial charge is 0.282 e. The van der Waals surface area contributed by atoms with Crippen LogP contribution in [0.5, 0.6) is 0 Å². The predicted octanol–water partition coefficient (Wildman–Crippen LogP) is 3.09. The van der Waals surface area contributed by atoms with Crippen LogP contribution in [0.2, 0.25) is 0 Å². The van der Waals surface area contributed by atoms with Gasteiger partial charge in [0.2, 0.25) is 0 Å². The van der Waals surface area contributed by atoms with Gasteiger partial charge in [0.25, 0.3) is 10.2 Å². The highest BCUT2D eigenvalue weighted by Crippen LogP contribution is 2.29. The number of nitrogens with zero attached hydrogens (tertiary/aromatic N) is 3. The lowest BCUT2D eigenvalue weighted by molar-refractivity contribution is 0.186. The van der Waals surface area contributed by atoms with E-state index in [-0.39, 0.29) is 11.5 Å². The fraction of sp³-hybridized carbons (Fsp3) is 0.722. The molecule has 1 aromatic heterocycles. The van der Waals surface area contributed by atoms with Crippen molar-refractivity contribution >= 4 is 10.2 Å². The molecule has 2 rings (SSSR count). The summed E-state index contributed by atoms with van der Waals surface area (Å²) in [6.07, 6.45) is 6.52. The Kier molecular flexibility index (Phi) is 6.39. The monoisotopic (exact) mass is 353 g/mol. The molecule has 0 bridgehead atoms. The molecule has 136 valence electrons. The van der Waals surface area contributed by atoms with Crippen molar-refractivity contribution in [2.45, 2.75) is 58.9 Å². The van der Waals surface area contributed by atoms with E-state index in [2.05, 4.69) is 25.8 Å². The van der Waals surface area contributed by atoms with Gasteiger partial charge in [-0.15, -0.1) is 0 Å². The third kappa shape index (κ3) is 4.77. The molecule has 0 N–H and O–H groups in total. The maximum atomic E-state index is 13.1. The lowest BCUT2D eigenvalue weighted by Gasteiger charge is -2.39. The van der Waals surface area contributed by atoms with Crippen molar-refractivity contribution in [2.24, 2.45) is 5.41 Å². The summed E-state index contributed by atoms with van der Waals surface area (Å²) in [4.78, 5) is 4.39. The third-order valence-electron chi connectivity index (χ3n) is 4.82. The van der Waals surface area contributed by atoms with Gasteiger partial charge >= 0.3 is 0 Å². The number of pyridine rings is 1. The molecule has 0 saturated carbocycles. The minimum absolute atomic E-state index is 0.138. The van der Waals surface area contributed by atoms with Gasteiger partial charge in [-0.25, -0.2) is 0 Å². The van der Waals surface area contributed by atoms with Crippen LogP contribution in [0.1, 0.15) is 52.1 Å². The molecule has 0 amide bonds. The number of rotatable bonds is 5. The van der Waals surface area contributed by atoms with Crippen LogP contribution in [-0.2, 0) is 16.6 Å². The van der Waals surface area contributed by atoms with E-state index in [4.69, 9.17) is 0 Å². The fourth-order valence-electron chi connectivity index (χ4n) is 3.31. The Morgan fingerprint density at radius 3 is 2.29 bits per heavy atom. The van der Waals surface area contributed by atoms with Gasteiger partial charge in [-0.2, -0.15) is 17.0 Å². The Hall–Kier alpha value is -0.980. The van der Waals surface area contributed by atoms with Crippen molar-refractivity contribution in [3.63, 3.8) is 0 Å². The van der Waals surface area contributed by atoms with E-state index < -0.39 is 10.2 Å². The average molecular weight is 354 g/mol. The smallest absolute Gasteiger partial charge is 0.261 e. The molecule has 1 fully saturated rings. The first-order valence-corrected chi connectivity index (χ1v) is 10.3. The molecule has 1 saturated heterocycles. The van der Waals surface area contributed by atoms with Crippen molar-refractivity contribution < 1.29 is 8.42 Å². The minimum Gasteiger partial charge on any atom is -0.261 e. The van der Waals surface area contributed by atoms with Crippen molar-refractivity contribution in [3.05, 3.63) is 30.1 Å². The van der Waals surface area contributed by atoms with Crippen LogP contribution < -0.4 is 0 Å². The maximum absolute atomic E-state index is 13.1. The van der Waals surface area contributed by atoms with E-state index in [1.54, 1.807) is 21.9 Å². The summed E-state index contributed by atoms with van der Waals surface area (Å²) in [5.41, 5.74) is 0.751. The Balaban J connectivity index is 2.24. The van der Waals surface area contributed by atoms with Crippen LogP contribution in [0, 0.1) is 5.41 Å². The van der Waals surface area contributed by atoms with Crippen LogP contribution in [0.25, 0.3) is 0 Å². The molecule has 1 atom stereocenters. The van der Waals surface area contributed by atoms with Crippen molar-refractivity contribution in [3.8, 4) is 0 Å². The maximum Gasteiger partial charge on any atom is 0.282 e. The molecule has 0 spiro atoms. The summed E-state index contributed by atoms with van der Waals surface area (Å²) in [6, 6.07) is 5.66. The quantitative estimate of drug-likeness (QED) is 0.817. The molecular formula is C18H31N3O2S. The van der Waals surface area contributed by atoms with Gasteiger partial charge in [-0.05, 0) is 30.4 Å². The second-order valence-corrected chi connectivity index (χ2v) is 9.73. The first-order valence-electron chi connectivity index (χ1n) is 8.86. The molecule has 1 aromatic rings. The Bertz CT molecular complexity index is 603. The van der Waals surface area contributed by atoms with Gasteiger partial charge < -0.3 is 0 Å². The van der Waals surface area contributed by atoms with Gasteiger partial charge in [0, 0.05) is 44.5 Å². The highest BCUT2D eigenvalue weighted by molar-refractivity contribution is 7.86. The lowest BCUT2D eigenvalue weighted by Crippen LogP contribution is -2.52. The standard InChI is InChI=1S/C18H31N3O2S/c1-18(2,3)17(15-16-11-7-8-12-19-16)20(4)24(22,23)21-13-9-5-6-10-14-21/h7-8,11-12,17H,5-6,9-10,13-15H2,1-4H3/t17-/m1/s1. The van der Waals surface area contributed by atoms with Crippen LogP contribution in [0.3, 0.4) is 0 Å². The van der Waals surface area contributed by atoms with Crippen LogP contribution in [0.15, 0.2) is 24.4 Å². The summed E-state index contributed by atoms with van der Waals surface area (Å²) in [5, 5.41) is 0. The van der Waals surface area contributed by atoms with Gasteiger partial charge in [0.05, 0.1) is 0 Å². The second kappa shape index (κ2) is 7.93. The zero-order chi connectivity index (χ0) is 17.8. The summed E-state index contributed by atoms with van der Waals surface area (Å²) < 4.78 is 29.5. The summed E-state index contributed by atoms with van der Waals surface area (Å²) in [6.45, 7) is 7.54. The highest BCUT2D eigenvalue weighted by atomic mass is 32.2. The van der Waals surface area contributed by atoms with Gasteiger partial charge in [0.1, 0.15) is 0 Å². The van der Waals surface area contributed by atoms with Crippen molar-refractivity contribution in [1.29, 1.82) is 0 Å². The zero-order valence-corrected chi connectivity index (χ0v) is 16.2. The van der Waals surface area contributed by atoms with Gasteiger partial charge in [-0.3, -0.25) is 4.98 Å². The molecule has 5 nitrogen and oxygen atoms in total. The van der Waals surface area contributed by atoms with E-state index in [1.807, 2.05) is 18.2 Å². The third-order valence-corrected chi connectivity index (χ3v) is 6.82. The Morgan fingerprint density at radius 1 is 1.17 bits per heavy atom. The van der Waals surface area contributed by atoms with E-state index in [1.165, 1.54) is 0 Å². The average Bonchev–Trinajstić information content (AvgIpc) is 2.81. The van der Waals surface area contributed by atoms with Gasteiger partial charge in [0.15, 0.2) is 0 Å². The number of aromatic nitrogens is 1. The lowest BCUT2D eigenvalue weighted by atomic mass is 9.84. The molecule has 6 heteroatoms. The predicted molar refractivity (Wildman–Crippen MR) is 97.9 cm³/mol. The molecule has 1 aliphatic heterocycles. The molecule has 0 unspecified atom stereocenters. The molecule has 0 aromatic carbocycles. The van der Waals surface area contributed by atoms with Gasteiger partial charge in [-0.1, -0.05) is 39.7 Å². The van der Waals surface area contributed by atoms with Crippen LogP contribution in [0.4, 0.5) is 0 Å². The normalized spacial score (nSPS) is 19.2. The van der Waals surface area contributed by atoms with E-state index in [0.29, 0.717) is 19.5 Å². The Morgan fingerprint density at radius 2 is 1.79 bits per heavy atom. The molecular weight excluding hydrogens is 322 g/mol. The summed E-state index contributed by atoms with van der Waals surface area (Å²) in [7, 11) is -1.73. The molecule has 0 aliphatic carbocycles.